The Morgan fingerprint density at radius 3 is 1.39 bits per heavy atom. The maximum atomic E-state index is 12.6. The largest absolute Gasteiger partial charge is 0.472 e. The van der Waals surface area contributed by atoms with E-state index in [4.69, 9.17) is 23.6 Å². The second kappa shape index (κ2) is 43.7. The molecule has 11 heteroatoms. The Hall–Kier alpha value is -2.33. The molecule has 0 radical (unpaired) electrons. The highest BCUT2D eigenvalue weighted by Crippen LogP contribution is 2.43. The molecule has 0 fully saturated rings. The zero-order chi connectivity index (χ0) is 43.3. The molecule has 342 valence electrons. The lowest BCUT2D eigenvalue weighted by Gasteiger charge is -2.20. The Balaban J connectivity index is 4.33. The second-order valence-corrected chi connectivity index (χ2v) is 16.9. The summed E-state index contributed by atoms with van der Waals surface area (Å²) >= 11 is 0. The summed E-state index contributed by atoms with van der Waals surface area (Å²) < 4.78 is 32.7. The predicted molar refractivity (Wildman–Crippen MR) is 242 cm³/mol. The highest BCUT2D eigenvalue weighted by Gasteiger charge is 2.27. The van der Waals surface area contributed by atoms with Gasteiger partial charge in [-0.15, -0.1) is 0 Å². The van der Waals surface area contributed by atoms with Gasteiger partial charge in [0.15, 0.2) is 6.10 Å². The molecular formula is C48H85O10P. The van der Waals surface area contributed by atoms with Gasteiger partial charge in [0.1, 0.15) is 12.7 Å². The minimum absolute atomic E-state index is 0.144. The molecule has 0 aromatic rings. The SMILES string of the molecule is CCCCC/C=C/C/C=C/C/C=C/C/C=C/CCCCCC(=O)O[C@H](COC(=O)CCCCCCCCCCC/C=C/CCCCCC)COP(=O)(O)OC[C@@H](O)CO. The second-order valence-electron chi connectivity index (χ2n) is 15.4. The molecule has 0 aliphatic carbocycles. The lowest BCUT2D eigenvalue weighted by atomic mass is 10.1. The van der Waals surface area contributed by atoms with Crippen molar-refractivity contribution < 1.29 is 47.8 Å². The third-order valence-electron chi connectivity index (χ3n) is 9.64. The predicted octanol–water partition coefficient (Wildman–Crippen LogP) is 12.7. The van der Waals surface area contributed by atoms with Crippen LogP contribution in [-0.4, -0.2) is 65.7 Å². The molecule has 1 unspecified atom stereocenters. The van der Waals surface area contributed by atoms with E-state index < -0.39 is 51.8 Å². The van der Waals surface area contributed by atoms with Gasteiger partial charge in [0.05, 0.1) is 19.8 Å². The van der Waals surface area contributed by atoms with Crippen molar-refractivity contribution in [2.24, 2.45) is 0 Å². The summed E-state index contributed by atoms with van der Waals surface area (Å²) in [5.74, 6) is -0.964. The molecule has 0 aliphatic rings. The van der Waals surface area contributed by atoms with Crippen LogP contribution in [0, 0.1) is 0 Å². The molecule has 0 saturated heterocycles. The Morgan fingerprint density at radius 1 is 0.508 bits per heavy atom. The average Bonchev–Trinajstić information content (AvgIpc) is 3.22. The molecule has 0 aromatic carbocycles. The summed E-state index contributed by atoms with van der Waals surface area (Å²) in [6.45, 7) is 2.31. The Kier molecular flexibility index (Phi) is 42.0. The molecule has 0 heterocycles. The molecule has 0 aromatic heterocycles. The van der Waals surface area contributed by atoms with Crippen LogP contribution < -0.4 is 0 Å². The van der Waals surface area contributed by atoms with Gasteiger partial charge in [0.2, 0.25) is 0 Å². The minimum atomic E-state index is -4.63. The van der Waals surface area contributed by atoms with Crippen molar-refractivity contribution in [3.05, 3.63) is 60.8 Å². The van der Waals surface area contributed by atoms with Crippen molar-refractivity contribution in [2.45, 2.75) is 206 Å². The molecule has 0 saturated carbocycles. The van der Waals surface area contributed by atoms with Crippen molar-refractivity contribution in [1.82, 2.24) is 0 Å². The van der Waals surface area contributed by atoms with Crippen molar-refractivity contribution in [1.29, 1.82) is 0 Å². The van der Waals surface area contributed by atoms with E-state index in [9.17, 15) is 24.2 Å². The van der Waals surface area contributed by atoms with Gasteiger partial charge in [-0.1, -0.05) is 158 Å². The Bertz CT molecular complexity index is 1160. The summed E-state index contributed by atoms with van der Waals surface area (Å²) in [6.07, 6.45) is 48.9. The lowest BCUT2D eigenvalue weighted by molar-refractivity contribution is -0.161. The molecule has 3 atom stereocenters. The van der Waals surface area contributed by atoms with E-state index in [0.717, 1.165) is 57.8 Å². The van der Waals surface area contributed by atoms with Crippen LogP contribution in [0.25, 0.3) is 0 Å². The average molecular weight is 853 g/mol. The number of aliphatic hydroxyl groups excluding tert-OH is 2. The zero-order valence-corrected chi connectivity index (χ0v) is 38.1. The molecule has 3 N–H and O–H groups in total. The van der Waals surface area contributed by atoms with Gasteiger partial charge in [-0.25, -0.2) is 4.57 Å². The molecule has 0 spiro atoms. The van der Waals surface area contributed by atoms with Gasteiger partial charge in [-0.3, -0.25) is 18.6 Å². The van der Waals surface area contributed by atoms with Crippen LogP contribution in [-0.2, 0) is 32.7 Å². The van der Waals surface area contributed by atoms with E-state index in [2.05, 4.69) is 74.6 Å². The number of ether oxygens (including phenoxy) is 2. The van der Waals surface area contributed by atoms with Crippen LogP contribution in [0.4, 0.5) is 0 Å². The van der Waals surface area contributed by atoms with Gasteiger partial charge >= 0.3 is 19.8 Å². The first-order chi connectivity index (χ1) is 28.7. The number of allylic oxidation sites excluding steroid dienone is 10. The number of carbonyl (C=O) groups excluding carboxylic acids is 2. The van der Waals surface area contributed by atoms with Gasteiger partial charge in [-0.05, 0) is 83.5 Å². The van der Waals surface area contributed by atoms with Crippen LogP contribution in [0.2, 0.25) is 0 Å². The van der Waals surface area contributed by atoms with E-state index in [1.807, 2.05) is 0 Å². The minimum Gasteiger partial charge on any atom is -0.462 e. The number of unbranched alkanes of at least 4 members (excludes halogenated alkanes) is 19. The Morgan fingerprint density at radius 2 is 0.881 bits per heavy atom. The van der Waals surface area contributed by atoms with Gasteiger partial charge in [0.25, 0.3) is 0 Å². The first-order valence-corrected chi connectivity index (χ1v) is 24.7. The molecule has 0 bridgehead atoms. The lowest BCUT2D eigenvalue weighted by Crippen LogP contribution is -2.29. The molecule has 0 amide bonds. The van der Waals surface area contributed by atoms with E-state index in [-0.39, 0.29) is 19.4 Å². The number of hydrogen-bond acceptors (Lipinski definition) is 9. The molecule has 59 heavy (non-hydrogen) atoms. The maximum Gasteiger partial charge on any atom is 0.472 e. The number of esters is 2. The topological polar surface area (TPSA) is 149 Å². The third-order valence-corrected chi connectivity index (χ3v) is 10.6. The van der Waals surface area contributed by atoms with Crippen LogP contribution in [0.3, 0.4) is 0 Å². The standard InChI is InChI=1S/C48H85O10P/c1-3-5-7-9-11-13-15-17-19-21-22-24-26-28-30-32-34-36-38-40-48(52)58-46(44-57-59(53,54)56-42-45(50)41-49)43-55-47(51)39-37-35-33-31-29-27-25-23-20-18-16-14-12-10-8-6-4-2/h11,13-14,16-17,19,22,24,28,30,45-46,49-50H,3-10,12,15,18,20-21,23,25-27,29,31-44H2,1-2H3,(H,53,54)/b13-11+,16-14+,19-17+,24-22+,30-28+/t45-,46+/m0/s1. The molecule has 10 nitrogen and oxygen atoms in total. The molecular weight excluding hydrogens is 767 g/mol. The number of hydrogen-bond donors (Lipinski definition) is 3. The van der Waals surface area contributed by atoms with Crippen LogP contribution in [0.15, 0.2) is 60.8 Å². The summed E-state index contributed by atoms with van der Waals surface area (Å²) in [4.78, 5) is 35.1. The normalized spacial score (nSPS) is 14.3. The first-order valence-electron chi connectivity index (χ1n) is 23.2. The number of phosphoric acid groups is 1. The van der Waals surface area contributed by atoms with Gasteiger partial charge in [-0.2, -0.15) is 0 Å². The number of aliphatic hydroxyl groups is 2. The zero-order valence-electron chi connectivity index (χ0n) is 37.2. The van der Waals surface area contributed by atoms with Gasteiger partial charge < -0.3 is 24.6 Å². The summed E-state index contributed by atoms with van der Waals surface area (Å²) in [5.41, 5.74) is 0. The van der Waals surface area contributed by atoms with E-state index in [0.29, 0.717) is 12.8 Å². The number of rotatable bonds is 43. The van der Waals surface area contributed by atoms with E-state index in [1.54, 1.807) is 0 Å². The maximum absolute atomic E-state index is 12.6. The van der Waals surface area contributed by atoms with Crippen LogP contribution >= 0.6 is 7.82 Å². The van der Waals surface area contributed by atoms with E-state index in [1.165, 1.54) is 96.3 Å². The van der Waals surface area contributed by atoms with Crippen molar-refractivity contribution in [3.8, 4) is 0 Å². The fourth-order valence-corrected chi connectivity index (χ4v) is 6.82. The third kappa shape index (κ3) is 43.6. The number of phosphoric ester groups is 1. The summed E-state index contributed by atoms with van der Waals surface area (Å²) in [7, 11) is -4.63. The Labute approximate surface area is 359 Å². The molecule has 0 rings (SSSR count). The fourth-order valence-electron chi connectivity index (χ4n) is 6.03. The highest BCUT2D eigenvalue weighted by molar-refractivity contribution is 7.47. The molecule has 0 aliphatic heterocycles. The van der Waals surface area contributed by atoms with Gasteiger partial charge in [0, 0.05) is 12.8 Å². The monoisotopic (exact) mass is 853 g/mol. The quantitative estimate of drug-likeness (QED) is 0.0234. The smallest absolute Gasteiger partial charge is 0.462 e. The van der Waals surface area contributed by atoms with Crippen molar-refractivity contribution in [3.63, 3.8) is 0 Å². The fraction of sp³-hybridized carbons (Fsp3) is 0.750. The highest BCUT2D eigenvalue weighted by atomic mass is 31.2. The van der Waals surface area contributed by atoms with Crippen molar-refractivity contribution in [2.75, 3.05) is 26.4 Å². The summed E-state index contributed by atoms with van der Waals surface area (Å²) in [6, 6.07) is 0. The summed E-state index contributed by atoms with van der Waals surface area (Å²) in [5, 5.41) is 18.4. The van der Waals surface area contributed by atoms with Crippen molar-refractivity contribution >= 4 is 19.8 Å². The van der Waals surface area contributed by atoms with Crippen LogP contribution in [0.1, 0.15) is 194 Å². The number of carbonyl (C=O) groups is 2. The first kappa shape index (κ1) is 56.7. The van der Waals surface area contributed by atoms with E-state index >= 15 is 0 Å². The van der Waals surface area contributed by atoms with Crippen LogP contribution in [0.5, 0.6) is 0 Å².